The van der Waals surface area contributed by atoms with Crippen LogP contribution < -0.4 is 14.4 Å². The zero-order valence-electron chi connectivity index (χ0n) is 17.8. The number of anilines is 1. The summed E-state index contributed by atoms with van der Waals surface area (Å²) in [6, 6.07) is 12.5. The average Bonchev–Trinajstić information content (AvgIpc) is 2.74. The zero-order chi connectivity index (χ0) is 23.2. The van der Waals surface area contributed by atoms with Crippen molar-refractivity contribution in [1.29, 1.82) is 0 Å². The normalized spacial score (nSPS) is 12.0. The van der Waals surface area contributed by atoms with Crippen LogP contribution in [0, 0.1) is 0 Å². The molecule has 2 aromatic rings. The quantitative estimate of drug-likeness (QED) is 0.610. The standard InChI is InChI=1S/C21H26ClN3O5S/c1-15(21(27)23-2)24(13-16-8-10-19(30-3)11-9-16)20(26)14-25(31(4,28)29)18-7-5-6-17(22)12-18/h5-12,15H,13-14H2,1-4H3,(H,23,27)/t15-/m0/s1. The van der Waals surface area contributed by atoms with Gasteiger partial charge in [-0.3, -0.25) is 13.9 Å². The van der Waals surface area contributed by atoms with Gasteiger partial charge in [-0.15, -0.1) is 0 Å². The number of likely N-dealkylation sites (N-methyl/N-ethyl adjacent to an activating group) is 1. The smallest absolute Gasteiger partial charge is 0.244 e. The van der Waals surface area contributed by atoms with Crippen LogP contribution in [-0.2, 0) is 26.2 Å². The molecule has 0 aliphatic heterocycles. The van der Waals surface area contributed by atoms with Gasteiger partial charge in [0.1, 0.15) is 18.3 Å². The Morgan fingerprint density at radius 2 is 1.81 bits per heavy atom. The van der Waals surface area contributed by atoms with Gasteiger partial charge in [0, 0.05) is 18.6 Å². The fourth-order valence-corrected chi connectivity index (χ4v) is 3.99. The van der Waals surface area contributed by atoms with Crippen LogP contribution in [0.15, 0.2) is 48.5 Å². The molecule has 0 aliphatic carbocycles. The summed E-state index contributed by atoms with van der Waals surface area (Å²) in [6.45, 7) is 1.23. The van der Waals surface area contributed by atoms with Crippen molar-refractivity contribution in [3.8, 4) is 5.75 Å². The van der Waals surface area contributed by atoms with E-state index in [4.69, 9.17) is 16.3 Å². The Morgan fingerprint density at radius 1 is 1.16 bits per heavy atom. The number of sulfonamides is 1. The number of carbonyl (C=O) groups excluding carboxylic acids is 2. The first-order valence-corrected chi connectivity index (χ1v) is 11.7. The van der Waals surface area contributed by atoms with Crippen molar-refractivity contribution >= 4 is 39.1 Å². The minimum atomic E-state index is -3.79. The maximum atomic E-state index is 13.2. The van der Waals surface area contributed by atoms with E-state index < -0.39 is 28.5 Å². The lowest BCUT2D eigenvalue weighted by Gasteiger charge is -2.31. The number of benzene rings is 2. The average molecular weight is 468 g/mol. The van der Waals surface area contributed by atoms with Gasteiger partial charge in [0.15, 0.2) is 0 Å². The van der Waals surface area contributed by atoms with Crippen molar-refractivity contribution in [2.45, 2.75) is 19.5 Å². The molecule has 10 heteroatoms. The maximum Gasteiger partial charge on any atom is 0.244 e. The molecule has 0 radical (unpaired) electrons. The topological polar surface area (TPSA) is 96.0 Å². The Hall–Kier alpha value is -2.78. The van der Waals surface area contributed by atoms with Crippen molar-refractivity contribution in [3.63, 3.8) is 0 Å². The first-order chi connectivity index (χ1) is 14.6. The molecule has 1 N–H and O–H groups in total. The highest BCUT2D eigenvalue weighted by Gasteiger charge is 2.29. The third-order valence-corrected chi connectivity index (χ3v) is 6.08. The van der Waals surface area contributed by atoms with Crippen LogP contribution in [0.1, 0.15) is 12.5 Å². The van der Waals surface area contributed by atoms with E-state index in [1.54, 1.807) is 56.5 Å². The van der Waals surface area contributed by atoms with E-state index in [0.717, 1.165) is 16.1 Å². The molecule has 168 valence electrons. The molecule has 0 unspecified atom stereocenters. The number of hydrogen-bond acceptors (Lipinski definition) is 5. The summed E-state index contributed by atoms with van der Waals surface area (Å²) in [7, 11) is -0.761. The van der Waals surface area contributed by atoms with Gasteiger partial charge in [-0.2, -0.15) is 0 Å². The van der Waals surface area contributed by atoms with Crippen molar-refractivity contribution in [2.75, 3.05) is 31.3 Å². The predicted molar refractivity (Wildman–Crippen MR) is 121 cm³/mol. The summed E-state index contributed by atoms with van der Waals surface area (Å²) >= 11 is 6.00. The van der Waals surface area contributed by atoms with E-state index in [2.05, 4.69) is 5.32 Å². The minimum absolute atomic E-state index is 0.116. The predicted octanol–water partition coefficient (Wildman–Crippen LogP) is 2.28. The van der Waals surface area contributed by atoms with Gasteiger partial charge < -0.3 is 15.0 Å². The molecule has 0 bridgehead atoms. The van der Waals surface area contributed by atoms with Crippen molar-refractivity contribution in [2.24, 2.45) is 0 Å². The summed E-state index contributed by atoms with van der Waals surface area (Å²) in [5.41, 5.74) is 1.03. The summed E-state index contributed by atoms with van der Waals surface area (Å²) in [5, 5.41) is 2.86. The fraction of sp³-hybridized carbons (Fsp3) is 0.333. The molecule has 0 fully saturated rings. The van der Waals surface area contributed by atoms with Crippen molar-refractivity contribution in [3.05, 3.63) is 59.1 Å². The number of rotatable bonds is 9. The summed E-state index contributed by atoms with van der Waals surface area (Å²) in [4.78, 5) is 26.8. The Morgan fingerprint density at radius 3 is 2.32 bits per heavy atom. The van der Waals surface area contributed by atoms with Gasteiger partial charge in [0.05, 0.1) is 19.1 Å². The lowest BCUT2D eigenvalue weighted by molar-refractivity contribution is -0.139. The van der Waals surface area contributed by atoms with Crippen molar-refractivity contribution in [1.82, 2.24) is 10.2 Å². The lowest BCUT2D eigenvalue weighted by atomic mass is 10.1. The molecular weight excluding hydrogens is 442 g/mol. The van der Waals surface area contributed by atoms with E-state index in [9.17, 15) is 18.0 Å². The van der Waals surface area contributed by atoms with Crippen LogP contribution in [0.4, 0.5) is 5.69 Å². The number of ether oxygens (including phenoxy) is 1. The summed E-state index contributed by atoms with van der Waals surface area (Å²) in [6.07, 6.45) is 1.01. The third kappa shape index (κ3) is 6.60. The van der Waals surface area contributed by atoms with Gasteiger partial charge in [-0.1, -0.05) is 29.8 Å². The maximum absolute atomic E-state index is 13.2. The highest BCUT2D eigenvalue weighted by atomic mass is 35.5. The Balaban J connectivity index is 2.36. The number of nitrogens with one attached hydrogen (secondary N) is 1. The Bertz CT molecular complexity index is 1030. The van der Waals surface area contributed by atoms with E-state index in [0.29, 0.717) is 10.8 Å². The largest absolute Gasteiger partial charge is 0.497 e. The minimum Gasteiger partial charge on any atom is -0.497 e. The number of hydrogen-bond donors (Lipinski definition) is 1. The number of nitrogens with zero attached hydrogens (tertiary/aromatic N) is 2. The molecule has 0 aliphatic rings. The van der Waals surface area contributed by atoms with E-state index >= 15 is 0 Å². The number of amides is 2. The molecule has 0 saturated heterocycles. The van der Waals surface area contributed by atoms with Crippen molar-refractivity contribution < 1.29 is 22.7 Å². The van der Waals surface area contributed by atoms with Gasteiger partial charge in [0.25, 0.3) is 0 Å². The molecule has 1 atom stereocenters. The molecule has 2 amide bonds. The van der Waals surface area contributed by atoms with Gasteiger partial charge in [-0.05, 0) is 42.8 Å². The molecule has 0 heterocycles. The van der Waals surface area contributed by atoms with Crippen LogP contribution in [0.25, 0.3) is 0 Å². The molecule has 0 saturated carbocycles. The van der Waals surface area contributed by atoms with Crippen LogP contribution in [0.2, 0.25) is 5.02 Å². The van der Waals surface area contributed by atoms with E-state index in [1.165, 1.54) is 18.0 Å². The van der Waals surface area contributed by atoms with Gasteiger partial charge >= 0.3 is 0 Å². The number of halogens is 1. The van der Waals surface area contributed by atoms with Crippen LogP contribution in [0.3, 0.4) is 0 Å². The Labute approximate surface area is 187 Å². The molecule has 8 nitrogen and oxygen atoms in total. The molecule has 31 heavy (non-hydrogen) atoms. The first kappa shape index (κ1) is 24.5. The second-order valence-electron chi connectivity index (χ2n) is 6.91. The van der Waals surface area contributed by atoms with Crippen LogP contribution >= 0.6 is 11.6 Å². The Kier molecular flexibility index (Phi) is 8.29. The van der Waals surface area contributed by atoms with Gasteiger partial charge in [0.2, 0.25) is 21.8 Å². The SMILES string of the molecule is CNC(=O)[C@H](C)N(Cc1ccc(OC)cc1)C(=O)CN(c1cccc(Cl)c1)S(C)(=O)=O. The molecule has 0 spiro atoms. The summed E-state index contributed by atoms with van der Waals surface area (Å²) in [5.74, 6) is -0.238. The summed E-state index contributed by atoms with van der Waals surface area (Å²) < 4.78 is 30.9. The van der Waals surface area contributed by atoms with E-state index in [1.807, 2.05) is 0 Å². The van der Waals surface area contributed by atoms with Crippen LogP contribution in [0.5, 0.6) is 5.75 Å². The number of methoxy groups -OCH3 is 1. The molecule has 0 aromatic heterocycles. The number of carbonyl (C=O) groups is 2. The second-order valence-corrected chi connectivity index (χ2v) is 9.25. The monoisotopic (exact) mass is 467 g/mol. The van der Waals surface area contributed by atoms with Crippen LogP contribution in [-0.4, -0.2) is 58.1 Å². The third-order valence-electron chi connectivity index (χ3n) is 4.70. The first-order valence-electron chi connectivity index (χ1n) is 9.44. The van der Waals surface area contributed by atoms with E-state index in [-0.39, 0.29) is 18.1 Å². The van der Waals surface area contributed by atoms with Gasteiger partial charge in [-0.25, -0.2) is 8.42 Å². The highest BCUT2D eigenvalue weighted by molar-refractivity contribution is 7.92. The highest BCUT2D eigenvalue weighted by Crippen LogP contribution is 2.23. The lowest BCUT2D eigenvalue weighted by Crippen LogP contribution is -2.50. The zero-order valence-corrected chi connectivity index (χ0v) is 19.4. The fourth-order valence-electron chi connectivity index (χ4n) is 2.96. The second kappa shape index (κ2) is 10.5. The molecule has 2 rings (SSSR count). The molecular formula is C21H26ClN3O5S. The molecule has 2 aromatic carbocycles.